The summed E-state index contributed by atoms with van der Waals surface area (Å²) >= 11 is 6.17. The Morgan fingerprint density at radius 3 is 2.64 bits per heavy atom. The summed E-state index contributed by atoms with van der Waals surface area (Å²) < 4.78 is 5.83. The van der Waals surface area contributed by atoms with Crippen molar-refractivity contribution in [2.24, 2.45) is 0 Å². The zero-order chi connectivity index (χ0) is 14.5. The molecule has 0 saturated carbocycles. The van der Waals surface area contributed by atoms with Crippen LogP contribution in [0.5, 0.6) is 0 Å². The average Bonchev–Trinajstić information content (AvgIpc) is 2.97. The molecule has 0 aliphatic heterocycles. The van der Waals surface area contributed by atoms with Crippen LogP contribution in [-0.4, -0.2) is 4.98 Å². The van der Waals surface area contributed by atoms with Crippen molar-refractivity contribution in [2.45, 2.75) is 13.1 Å². The van der Waals surface area contributed by atoms with Crippen LogP contribution >= 0.6 is 11.6 Å². The van der Waals surface area contributed by atoms with Crippen molar-refractivity contribution < 1.29 is 16.8 Å². The summed E-state index contributed by atoms with van der Waals surface area (Å²) in [7, 11) is 0. The van der Waals surface area contributed by atoms with E-state index in [-0.39, 0.29) is 12.4 Å². The summed E-state index contributed by atoms with van der Waals surface area (Å²) in [5.74, 6) is 1.67. The highest BCUT2D eigenvalue weighted by Crippen LogP contribution is 2.28. The van der Waals surface area contributed by atoms with Gasteiger partial charge in [0.25, 0.3) is 0 Å². The van der Waals surface area contributed by atoms with E-state index >= 15 is 0 Å². The fourth-order valence-electron chi connectivity index (χ4n) is 2.11. The zero-order valence-corrected chi connectivity index (χ0v) is 13.3. The Hall–Kier alpha value is -1.81. The molecule has 0 atom stereocenters. The first-order valence-electron chi connectivity index (χ1n) is 6.76. The first-order chi connectivity index (χ1) is 10.3. The van der Waals surface area contributed by atoms with Crippen LogP contribution in [0.25, 0.3) is 11.3 Å². The molecule has 114 valence electrons. The van der Waals surface area contributed by atoms with Crippen molar-refractivity contribution in [1.82, 2.24) is 10.3 Å². The normalized spacial score (nSPS) is 10.2. The molecule has 0 bridgehead atoms. The molecule has 3 aromatic rings. The highest BCUT2D eigenvalue weighted by molar-refractivity contribution is 6.33. The van der Waals surface area contributed by atoms with Gasteiger partial charge in [0.1, 0.15) is 11.5 Å². The van der Waals surface area contributed by atoms with Crippen LogP contribution < -0.4 is 17.7 Å². The number of furan rings is 1. The lowest BCUT2D eigenvalue weighted by atomic mass is 10.2. The minimum atomic E-state index is 0. The minimum absolute atomic E-state index is 0. The fraction of sp³-hybridized carbons (Fsp3) is 0.118. The van der Waals surface area contributed by atoms with Crippen molar-refractivity contribution in [3.8, 4) is 11.3 Å². The van der Waals surface area contributed by atoms with Crippen LogP contribution in [0.1, 0.15) is 11.3 Å². The Morgan fingerprint density at radius 1 is 1.00 bits per heavy atom. The number of pyridine rings is 1. The Balaban J connectivity index is 0.00000176. The Morgan fingerprint density at radius 2 is 1.86 bits per heavy atom. The molecule has 0 aliphatic carbocycles. The van der Waals surface area contributed by atoms with Crippen LogP contribution in [0.2, 0.25) is 5.02 Å². The lowest BCUT2D eigenvalue weighted by Crippen LogP contribution is -3.00. The van der Waals surface area contributed by atoms with Gasteiger partial charge in [0, 0.05) is 24.5 Å². The SMILES string of the molecule is Clc1ccccc1-c1ccc(CNCc2cccnc2)o1.[Cl-]. The number of halogens is 2. The molecule has 0 aliphatic rings. The van der Waals surface area contributed by atoms with Gasteiger partial charge >= 0.3 is 0 Å². The molecular formula is C17H15Cl2N2O-. The highest BCUT2D eigenvalue weighted by atomic mass is 35.5. The lowest BCUT2D eigenvalue weighted by molar-refractivity contribution is -0.00000475. The number of aromatic nitrogens is 1. The van der Waals surface area contributed by atoms with Crippen molar-refractivity contribution in [2.75, 3.05) is 0 Å². The smallest absolute Gasteiger partial charge is 0.135 e. The quantitative estimate of drug-likeness (QED) is 0.764. The zero-order valence-electron chi connectivity index (χ0n) is 11.8. The van der Waals surface area contributed by atoms with Crippen molar-refractivity contribution in [3.05, 3.63) is 77.3 Å². The molecule has 3 nitrogen and oxygen atoms in total. The number of nitrogens with zero attached hydrogens (tertiary/aromatic N) is 1. The topological polar surface area (TPSA) is 38.1 Å². The van der Waals surface area contributed by atoms with Gasteiger partial charge in [-0.15, -0.1) is 0 Å². The van der Waals surface area contributed by atoms with Crippen LogP contribution in [-0.2, 0) is 13.1 Å². The maximum atomic E-state index is 6.17. The van der Waals surface area contributed by atoms with Crippen molar-refractivity contribution in [3.63, 3.8) is 0 Å². The molecule has 1 aromatic carbocycles. The van der Waals surface area contributed by atoms with Gasteiger partial charge in [-0.1, -0.05) is 29.8 Å². The summed E-state index contributed by atoms with van der Waals surface area (Å²) in [6, 6.07) is 15.6. The molecule has 0 radical (unpaired) electrons. The van der Waals surface area contributed by atoms with Crippen LogP contribution in [0.3, 0.4) is 0 Å². The van der Waals surface area contributed by atoms with E-state index in [1.807, 2.05) is 54.7 Å². The Labute approximate surface area is 140 Å². The van der Waals surface area contributed by atoms with E-state index < -0.39 is 0 Å². The largest absolute Gasteiger partial charge is 1.00 e. The van der Waals surface area contributed by atoms with Gasteiger partial charge in [0.15, 0.2) is 0 Å². The summed E-state index contributed by atoms with van der Waals surface area (Å²) in [5, 5.41) is 4.03. The van der Waals surface area contributed by atoms with Gasteiger partial charge in [-0.3, -0.25) is 4.98 Å². The summed E-state index contributed by atoms with van der Waals surface area (Å²) in [6.07, 6.45) is 3.62. The van der Waals surface area contributed by atoms with E-state index in [1.165, 1.54) is 0 Å². The molecule has 2 heterocycles. The summed E-state index contributed by atoms with van der Waals surface area (Å²) in [5.41, 5.74) is 2.06. The molecular weight excluding hydrogens is 319 g/mol. The van der Waals surface area contributed by atoms with E-state index in [2.05, 4.69) is 10.3 Å². The van der Waals surface area contributed by atoms with Gasteiger partial charge in [0.05, 0.1) is 11.6 Å². The third-order valence-corrected chi connectivity index (χ3v) is 3.48. The first-order valence-corrected chi connectivity index (χ1v) is 7.14. The van der Waals surface area contributed by atoms with Crippen LogP contribution in [0, 0.1) is 0 Å². The van der Waals surface area contributed by atoms with Gasteiger partial charge in [0.2, 0.25) is 0 Å². The molecule has 2 aromatic heterocycles. The maximum Gasteiger partial charge on any atom is 0.135 e. The molecule has 0 unspecified atom stereocenters. The standard InChI is InChI=1S/C17H15ClN2O.ClH/c18-16-6-2-1-5-15(16)17-8-7-14(21-17)12-20-11-13-4-3-9-19-10-13;/h1-10,20H,11-12H2;1H/p-1. The van der Waals surface area contributed by atoms with Crippen LogP contribution in [0.4, 0.5) is 0 Å². The number of hydrogen-bond donors (Lipinski definition) is 1. The van der Waals surface area contributed by atoms with Crippen molar-refractivity contribution >= 4 is 11.6 Å². The van der Waals surface area contributed by atoms with Crippen LogP contribution in [0.15, 0.2) is 65.3 Å². The van der Waals surface area contributed by atoms with E-state index in [0.29, 0.717) is 11.6 Å². The first kappa shape index (κ1) is 16.6. The third-order valence-electron chi connectivity index (χ3n) is 3.15. The number of hydrogen-bond acceptors (Lipinski definition) is 3. The van der Waals surface area contributed by atoms with Gasteiger partial charge in [-0.2, -0.15) is 0 Å². The van der Waals surface area contributed by atoms with E-state index in [4.69, 9.17) is 16.0 Å². The average molecular weight is 334 g/mol. The predicted octanol–water partition coefficient (Wildman–Crippen LogP) is 1.29. The monoisotopic (exact) mass is 333 g/mol. The molecule has 0 amide bonds. The fourth-order valence-corrected chi connectivity index (χ4v) is 2.34. The van der Waals surface area contributed by atoms with Gasteiger partial charge in [-0.25, -0.2) is 0 Å². The number of rotatable bonds is 5. The molecule has 1 N–H and O–H groups in total. The third kappa shape index (κ3) is 4.10. The molecule has 3 rings (SSSR count). The molecule has 0 spiro atoms. The second-order valence-electron chi connectivity index (χ2n) is 4.71. The summed E-state index contributed by atoms with van der Waals surface area (Å²) in [4.78, 5) is 4.09. The highest BCUT2D eigenvalue weighted by Gasteiger charge is 2.07. The molecule has 0 fully saturated rings. The Bertz CT molecular complexity index is 713. The second-order valence-corrected chi connectivity index (χ2v) is 5.12. The molecule has 5 heteroatoms. The van der Waals surface area contributed by atoms with Gasteiger partial charge in [-0.05, 0) is 35.9 Å². The van der Waals surface area contributed by atoms with E-state index in [0.717, 1.165) is 29.2 Å². The van der Waals surface area contributed by atoms with Gasteiger partial charge < -0.3 is 22.1 Å². The number of benzene rings is 1. The maximum absolute atomic E-state index is 6.17. The van der Waals surface area contributed by atoms with E-state index in [9.17, 15) is 0 Å². The molecule has 0 saturated heterocycles. The van der Waals surface area contributed by atoms with E-state index in [1.54, 1.807) is 6.20 Å². The number of nitrogens with one attached hydrogen (secondary N) is 1. The Kier molecular flexibility index (Phi) is 6.01. The second kappa shape index (κ2) is 7.99. The minimum Gasteiger partial charge on any atom is -1.00 e. The lowest BCUT2D eigenvalue weighted by Gasteiger charge is -2.03. The predicted molar refractivity (Wildman–Crippen MR) is 83.9 cm³/mol. The summed E-state index contributed by atoms with van der Waals surface area (Å²) in [6.45, 7) is 1.43. The van der Waals surface area contributed by atoms with Crippen molar-refractivity contribution in [1.29, 1.82) is 0 Å². The molecule has 22 heavy (non-hydrogen) atoms.